The average molecular weight is 283 g/mol. The molecular weight excluding hydrogens is 258 g/mol. The molecule has 0 aliphatic rings. The number of hydrogen-bond donors (Lipinski definition) is 1. The van der Waals surface area contributed by atoms with Gasteiger partial charge in [0.1, 0.15) is 12.4 Å². The second kappa shape index (κ2) is 6.77. The molecule has 0 heterocycles. The van der Waals surface area contributed by atoms with Gasteiger partial charge in [0.2, 0.25) is 0 Å². The normalized spacial score (nSPS) is 12.2. The highest BCUT2D eigenvalue weighted by Crippen LogP contribution is 2.22. The summed E-state index contributed by atoms with van der Waals surface area (Å²) in [5.41, 5.74) is 6.26. The zero-order chi connectivity index (χ0) is 15.4. The molecule has 2 aromatic rings. The molecule has 21 heavy (non-hydrogen) atoms. The van der Waals surface area contributed by atoms with E-state index in [0.717, 1.165) is 5.75 Å². The van der Waals surface area contributed by atoms with E-state index in [2.05, 4.69) is 69.4 Å². The highest BCUT2D eigenvalue weighted by Gasteiger charge is 2.12. The van der Waals surface area contributed by atoms with E-state index < -0.39 is 0 Å². The summed E-state index contributed by atoms with van der Waals surface area (Å²) in [5, 5.41) is 3.35. The van der Waals surface area contributed by atoms with Gasteiger partial charge in [-0.25, -0.2) is 0 Å². The third kappa shape index (κ3) is 4.08. The molecule has 0 aliphatic heterocycles. The molecule has 0 fully saturated rings. The molecule has 0 saturated carbocycles. The number of rotatable bonds is 5. The zero-order valence-corrected chi connectivity index (χ0v) is 13.7. The van der Waals surface area contributed by atoms with Crippen molar-refractivity contribution in [3.8, 4) is 5.75 Å². The van der Waals surface area contributed by atoms with Crippen LogP contribution in [0, 0.1) is 27.7 Å². The first kappa shape index (κ1) is 15.6. The standard InChI is InChI=1S/C19H25NO/c1-13-6-7-16(4)19(11-13)21-12-18(20-5)17-9-14(2)8-15(3)10-17/h6-11,18,20H,12H2,1-5H3. The van der Waals surface area contributed by atoms with Crippen molar-refractivity contribution in [3.05, 3.63) is 64.2 Å². The zero-order valence-electron chi connectivity index (χ0n) is 13.7. The Labute approximate surface area is 128 Å². The van der Waals surface area contributed by atoms with Gasteiger partial charge in [0.05, 0.1) is 6.04 Å². The molecule has 0 aliphatic carbocycles. The van der Waals surface area contributed by atoms with Crippen LogP contribution in [0.25, 0.3) is 0 Å². The van der Waals surface area contributed by atoms with E-state index in [1.165, 1.54) is 27.8 Å². The van der Waals surface area contributed by atoms with Crippen LogP contribution in [0.4, 0.5) is 0 Å². The van der Waals surface area contributed by atoms with Gasteiger partial charge in [-0.2, -0.15) is 0 Å². The Hall–Kier alpha value is -1.80. The van der Waals surface area contributed by atoms with Gasteiger partial charge in [-0.3, -0.25) is 0 Å². The van der Waals surface area contributed by atoms with Crippen molar-refractivity contribution in [2.75, 3.05) is 13.7 Å². The van der Waals surface area contributed by atoms with Crippen LogP contribution in [0.15, 0.2) is 36.4 Å². The molecule has 0 bridgehead atoms. The first-order valence-corrected chi connectivity index (χ1v) is 7.45. The summed E-state index contributed by atoms with van der Waals surface area (Å²) in [4.78, 5) is 0. The second-order valence-corrected chi connectivity index (χ2v) is 5.84. The lowest BCUT2D eigenvalue weighted by molar-refractivity contribution is 0.271. The number of likely N-dealkylation sites (N-methyl/N-ethyl adjacent to an activating group) is 1. The van der Waals surface area contributed by atoms with Crippen LogP contribution < -0.4 is 10.1 Å². The van der Waals surface area contributed by atoms with Gasteiger partial charge in [-0.1, -0.05) is 41.5 Å². The Morgan fingerprint density at radius 3 is 2.19 bits per heavy atom. The maximum absolute atomic E-state index is 6.04. The van der Waals surface area contributed by atoms with E-state index in [-0.39, 0.29) is 6.04 Å². The second-order valence-electron chi connectivity index (χ2n) is 5.84. The third-order valence-corrected chi connectivity index (χ3v) is 3.74. The molecule has 1 N–H and O–H groups in total. The lowest BCUT2D eigenvalue weighted by Crippen LogP contribution is -2.23. The minimum absolute atomic E-state index is 0.198. The van der Waals surface area contributed by atoms with Gasteiger partial charge in [0.25, 0.3) is 0 Å². The Morgan fingerprint density at radius 2 is 1.57 bits per heavy atom. The molecule has 2 heteroatoms. The quantitative estimate of drug-likeness (QED) is 0.885. The van der Waals surface area contributed by atoms with E-state index in [9.17, 15) is 0 Å². The monoisotopic (exact) mass is 283 g/mol. The summed E-state index contributed by atoms with van der Waals surface area (Å²) in [7, 11) is 1.98. The van der Waals surface area contributed by atoms with E-state index >= 15 is 0 Å². The smallest absolute Gasteiger partial charge is 0.122 e. The van der Waals surface area contributed by atoms with Crippen molar-refractivity contribution in [1.82, 2.24) is 5.32 Å². The SMILES string of the molecule is CNC(COc1cc(C)ccc1C)c1cc(C)cc(C)c1. The molecule has 1 unspecified atom stereocenters. The highest BCUT2D eigenvalue weighted by atomic mass is 16.5. The van der Waals surface area contributed by atoms with Crippen molar-refractivity contribution >= 4 is 0 Å². The fourth-order valence-electron chi connectivity index (χ4n) is 2.59. The number of hydrogen-bond acceptors (Lipinski definition) is 2. The summed E-state index contributed by atoms with van der Waals surface area (Å²) in [5.74, 6) is 0.972. The predicted molar refractivity (Wildman–Crippen MR) is 89.1 cm³/mol. The van der Waals surface area contributed by atoms with Crippen LogP contribution in [0.2, 0.25) is 0 Å². The molecule has 0 aromatic heterocycles. The van der Waals surface area contributed by atoms with Crippen LogP contribution in [0.1, 0.15) is 33.9 Å². The Kier molecular flexibility index (Phi) is 5.03. The van der Waals surface area contributed by atoms with E-state index in [1.807, 2.05) is 7.05 Å². The molecule has 2 nitrogen and oxygen atoms in total. The van der Waals surface area contributed by atoms with Crippen LogP contribution in [0.3, 0.4) is 0 Å². The van der Waals surface area contributed by atoms with Crippen LogP contribution in [-0.4, -0.2) is 13.7 Å². The summed E-state index contributed by atoms with van der Waals surface area (Å²) in [6.45, 7) is 9.07. The van der Waals surface area contributed by atoms with E-state index in [0.29, 0.717) is 6.61 Å². The van der Waals surface area contributed by atoms with Gasteiger partial charge in [0.15, 0.2) is 0 Å². The lowest BCUT2D eigenvalue weighted by Gasteiger charge is -2.19. The summed E-state index contributed by atoms with van der Waals surface area (Å²) in [6.07, 6.45) is 0. The van der Waals surface area contributed by atoms with Gasteiger partial charge in [0, 0.05) is 0 Å². The molecule has 112 valence electrons. The van der Waals surface area contributed by atoms with Crippen molar-refractivity contribution < 1.29 is 4.74 Å². The average Bonchev–Trinajstić information content (AvgIpc) is 2.42. The van der Waals surface area contributed by atoms with Crippen molar-refractivity contribution in [2.45, 2.75) is 33.7 Å². The Balaban J connectivity index is 2.14. The van der Waals surface area contributed by atoms with Crippen LogP contribution in [0.5, 0.6) is 5.75 Å². The van der Waals surface area contributed by atoms with Gasteiger partial charge < -0.3 is 10.1 Å². The summed E-state index contributed by atoms with van der Waals surface area (Å²) in [6, 6.07) is 13.2. The summed E-state index contributed by atoms with van der Waals surface area (Å²) < 4.78 is 6.04. The number of benzene rings is 2. The first-order chi connectivity index (χ1) is 9.99. The fourth-order valence-corrected chi connectivity index (χ4v) is 2.59. The molecule has 0 radical (unpaired) electrons. The number of ether oxygens (including phenoxy) is 1. The van der Waals surface area contributed by atoms with Gasteiger partial charge >= 0.3 is 0 Å². The molecule has 2 aromatic carbocycles. The number of nitrogens with one attached hydrogen (secondary N) is 1. The largest absolute Gasteiger partial charge is 0.491 e. The fraction of sp³-hybridized carbons (Fsp3) is 0.368. The molecule has 2 rings (SSSR count). The number of aryl methyl sites for hydroxylation is 4. The highest BCUT2D eigenvalue weighted by molar-refractivity contribution is 5.36. The van der Waals surface area contributed by atoms with Crippen molar-refractivity contribution in [1.29, 1.82) is 0 Å². The van der Waals surface area contributed by atoms with Gasteiger partial charge in [-0.15, -0.1) is 0 Å². The topological polar surface area (TPSA) is 21.3 Å². The Morgan fingerprint density at radius 1 is 0.905 bits per heavy atom. The van der Waals surface area contributed by atoms with Crippen molar-refractivity contribution in [2.24, 2.45) is 0 Å². The van der Waals surface area contributed by atoms with Crippen LogP contribution in [-0.2, 0) is 0 Å². The minimum atomic E-state index is 0.198. The predicted octanol–water partition coefficient (Wildman–Crippen LogP) is 4.26. The molecule has 0 saturated heterocycles. The third-order valence-electron chi connectivity index (χ3n) is 3.74. The van der Waals surface area contributed by atoms with E-state index in [4.69, 9.17) is 4.74 Å². The maximum atomic E-state index is 6.04. The lowest BCUT2D eigenvalue weighted by atomic mass is 10.0. The molecule has 0 amide bonds. The maximum Gasteiger partial charge on any atom is 0.122 e. The molecule has 1 atom stereocenters. The van der Waals surface area contributed by atoms with Crippen LogP contribution >= 0.6 is 0 Å². The minimum Gasteiger partial charge on any atom is -0.491 e. The van der Waals surface area contributed by atoms with E-state index in [1.54, 1.807) is 0 Å². The molecule has 0 spiro atoms. The first-order valence-electron chi connectivity index (χ1n) is 7.45. The Bertz CT molecular complexity index is 599. The van der Waals surface area contributed by atoms with Gasteiger partial charge in [-0.05, 0) is 57.5 Å². The summed E-state index contributed by atoms with van der Waals surface area (Å²) >= 11 is 0. The van der Waals surface area contributed by atoms with Crippen molar-refractivity contribution in [3.63, 3.8) is 0 Å². The molecular formula is C19H25NO.